The highest BCUT2D eigenvalue weighted by Crippen LogP contribution is 2.24. The first-order chi connectivity index (χ1) is 7.24. The minimum absolute atomic E-state index is 0.684. The van der Waals surface area contributed by atoms with Crippen molar-refractivity contribution in [1.82, 2.24) is 15.5 Å². The van der Waals surface area contributed by atoms with Crippen molar-refractivity contribution in [2.45, 2.75) is 18.9 Å². The molecule has 1 rings (SSSR count). The predicted molar refractivity (Wildman–Crippen MR) is 66.1 cm³/mol. The number of nitrogens with one attached hydrogen (secondary N) is 2. The molecular formula is C10H21N3OS. The lowest BCUT2D eigenvalue weighted by atomic mass is 10.5. The summed E-state index contributed by atoms with van der Waals surface area (Å²) in [7, 11) is 3.85. The van der Waals surface area contributed by atoms with Gasteiger partial charge in [-0.2, -0.15) is 0 Å². The van der Waals surface area contributed by atoms with E-state index in [0.29, 0.717) is 6.61 Å². The van der Waals surface area contributed by atoms with Crippen LogP contribution in [0, 0.1) is 0 Å². The van der Waals surface area contributed by atoms with Crippen LogP contribution in [0.2, 0.25) is 0 Å². The summed E-state index contributed by atoms with van der Waals surface area (Å²) in [6.45, 7) is 3.41. The number of ether oxygens (including phenoxy) is 1. The van der Waals surface area contributed by atoms with Crippen molar-refractivity contribution in [3.05, 3.63) is 0 Å². The van der Waals surface area contributed by atoms with E-state index in [1.165, 1.54) is 12.8 Å². The largest absolute Gasteiger partial charge is 0.383 e. The molecule has 0 bridgehead atoms. The van der Waals surface area contributed by atoms with E-state index in [1.807, 2.05) is 0 Å². The normalized spacial score (nSPS) is 15.4. The molecule has 5 heteroatoms. The number of methoxy groups -OCH3 is 1. The van der Waals surface area contributed by atoms with E-state index in [2.05, 4.69) is 22.6 Å². The number of nitrogens with zero attached hydrogens (tertiary/aromatic N) is 1. The SMILES string of the molecule is COCCNC(=S)NCCN(C)C1CC1. The van der Waals surface area contributed by atoms with E-state index in [4.69, 9.17) is 17.0 Å². The third-order valence-corrected chi connectivity index (χ3v) is 2.80. The van der Waals surface area contributed by atoms with Crippen LogP contribution in [0.15, 0.2) is 0 Å². The van der Waals surface area contributed by atoms with Crippen LogP contribution >= 0.6 is 12.2 Å². The first-order valence-electron chi connectivity index (χ1n) is 5.45. The Bertz CT molecular complexity index is 197. The summed E-state index contributed by atoms with van der Waals surface area (Å²) in [5, 5.41) is 6.98. The lowest BCUT2D eigenvalue weighted by molar-refractivity contribution is 0.204. The quantitative estimate of drug-likeness (QED) is 0.483. The van der Waals surface area contributed by atoms with Gasteiger partial charge in [-0.3, -0.25) is 0 Å². The summed E-state index contributed by atoms with van der Waals surface area (Å²) in [6, 6.07) is 0.821. The van der Waals surface area contributed by atoms with Gasteiger partial charge < -0.3 is 20.3 Å². The Morgan fingerprint density at radius 2 is 2.07 bits per heavy atom. The van der Waals surface area contributed by atoms with Crippen LogP contribution in [0.1, 0.15) is 12.8 Å². The van der Waals surface area contributed by atoms with E-state index >= 15 is 0 Å². The third-order valence-electron chi connectivity index (χ3n) is 2.51. The zero-order chi connectivity index (χ0) is 11.1. The second kappa shape index (κ2) is 6.98. The molecule has 15 heavy (non-hydrogen) atoms. The molecule has 0 radical (unpaired) electrons. The van der Waals surface area contributed by atoms with Crippen molar-refractivity contribution < 1.29 is 4.74 Å². The number of rotatable bonds is 7. The maximum atomic E-state index is 5.10. The summed E-state index contributed by atoms with van der Waals surface area (Å²) in [4.78, 5) is 2.38. The van der Waals surface area contributed by atoms with Gasteiger partial charge in [-0.15, -0.1) is 0 Å². The zero-order valence-corrected chi connectivity index (χ0v) is 10.4. The van der Waals surface area contributed by atoms with E-state index < -0.39 is 0 Å². The molecule has 0 aromatic carbocycles. The molecule has 0 heterocycles. The molecule has 0 saturated heterocycles. The molecule has 88 valence electrons. The van der Waals surface area contributed by atoms with Crippen LogP contribution in [0.5, 0.6) is 0 Å². The Morgan fingerprint density at radius 3 is 2.67 bits per heavy atom. The van der Waals surface area contributed by atoms with Gasteiger partial charge in [0.05, 0.1) is 6.61 Å². The van der Waals surface area contributed by atoms with Gasteiger partial charge >= 0.3 is 0 Å². The number of hydrogen-bond donors (Lipinski definition) is 2. The predicted octanol–water partition coefficient (Wildman–Crippen LogP) is 0.191. The molecule has 4 nitrogen and oxygen atoms in total. The maximum absolute atomic E-state index is 5.10. The van der Waals surface area contributed by atoms with Gasteiger partial charge in [0.15, 0.2) is 5.11 Å². The molecule has 0 aliphatic heterocycles. The molecule has 0 aromatic heterocycles. The van der Waals surface area contributed by atoms with Crippen LogP contribution in [-0.2, 0) is 4.74 Å². The van der Waals surface area contributed by atoms with E-state index in [-0.39, 0.29) is 0 Å². The van der Waals surface area contributed by atoms with Crippen molar-refractivity contribution in [2.24, 2.45) is 0 Å². The highest BCUT2D eigenvalue weighted by molar-refractivity contribution is 7.80. The van der Waals surface area contributed by atoms with Crippen LogP contribution in [-0.4, -0.2) is 56.5 Å². The van der Waals surface area contributed by atoms with E-state index in [9.17, 15) is 0 Å². The Labute approximate surface area is 97.3 Å². The average molecular weight is 231 g/mol. The standard InChI is InChI=1S/C10H21N3OS/c1-13(9-3-4-9)7-5-11-10(15)12-6-8-14-2/h9H,3-8H2,1-2H3,(H2,11,12,15). The van der Waals surface area contributed by atoms with E-state index in [1.54, 1.807) is 7.11 Å². The van der Waals surface area contributed by atoms with Gasteiger partial charge in [0.2, 0.25) is 0 Å². The van der Waals surface area contributed by atoms with Gasteiger partial charge in [-0.05, 0) is 32.1 Å². The number of thiocarbonyl (C=S) groups is 1. The minimum Gasteiger partial charge on any atom is -0.383 e. The Balaban J connectivity index is 1.91. The van der Waals surface area contributed by atoms with Crippen LogP contribution < -0.4 is 10.6 Å². The van der Waals surface area contributed by atoms with Crippen molar-refractivity contribution >= 4 is 17.3 Å². The minimum atomic E-state index is 0.684. The summed E-state index contributed by atoms with van der Waals surface area (Å²) < 4.78 is 4.92. The first kappa shape index (κ1) is 12.7. The highest BCUT2D eigenvalue weighted by atomic mass is 32.1. The molecule has 0 unspecified atom stereocenters. The molecule has 2 N–H and O–H groups in total. The molecular weight excluding hydrogens is 210 g/mol. The second-order valence-electron chi connectivity index (χ2n) is 3.89. The number of likely N-dealkylation sites (N-methyl/N-ethyl adjacent to an activating group) is 1. The monoisotopic (exact) mass is 231 g/mol. The summed E-state index contributed by atoms with van der Waals surface area (Å²) in [5.74, 6) is 0. The Morgan fingerprint density at radius 1 is 1.40 bits per heavy atom. The van der Waals surface area contributed by atoms with Crippen molar-refractivity contribution in [2.75, 3.05) is 40.4 Å². The zero-order valence-electron chi connectivity index (χ0n) is 9.58. The topological polar surface area (TPSA) is 36.5 Å². The third kappa shape index (κ3) is 5.92. The van der Waals surface area contributed by atoms with Gasteiger partial charge in [0.1, 0.15) is 0 Å². The molecule has 1 fully saturated rings. The van der Waals surface area contributed by atoms with Crippen molar-refractivity contribution in [3.63, 3.8) is 0 Å². The van der Waals surface area contributed by atoms with Crippen molar-refractivity contribution in [3.8, 4) is 0 Å². The number of hydrogen-bond acceptors (Lipinski definition) is 3. The van der Waals surface area contributed by atoms with Crippen LogP contribution in [0.4, 0.5) is 0 Å². The van der Waals surface area contributed by atoms with E-state index in [0.717, 1.165) is 30.8 Å². The summed E-state index contributed by atoms with van der Waals surface area (Å²) in [6.07, 6.45) is 2.71. The van der Waals surface area contributed by atoms with Crippen LogP contribution in [0.25, 0.3) is 0 Å². The van der Waals surface area contributed by atoms with Gasteiger partial charge in [0, 0.05) is 32.8 Å². The lowest BCUT2D eigenvalue weighted by Crippen LogP contribution is -2.40. The molecule has 1 aliphatic carbocycles. The van der Waals surface area contributed by atoms with Gasteiger partial charge in [-0.25, -0.2) is 0 Å². The maximum Gasteiger partial charge on any atom is 0.166 e. The van der Waals surface area contributed by atoms with Crippen molar-refractivity contribution in [1.29, 1.82) is 0 Å². The summed E-state index contributed by atoms with van der Waals surface area (Å²) >= 11 is 5.10. The lowest BCUT2D eigenvalue weighted by Gasteiger charge is -2.16. The molecule has 0 amide bonds. The fourth-order valence-electron chi connectivity index (χ4n) is 1.37. The fraction of sp³-hybridized carbons (Fsp3) is 0.900. The highest BCUT2D eigenvalue weighted by Gasteiger charge is 2.25. The molecule has 0 spiro atoms. The molecule has 1 aliphatic rings. The molecule has 0 aromatic rings. The Hall–Kier alpha value is -0.390. The first-order valence-corrected chi connectivity index (χ1v) is 5.85. The summed E-state index contributed by atoms with van der Waals surface area (Å²) in [5.41, 5.74) is 0. The molecule has 1 saturated carbocycles. The Kier molecular flexibility index (Phi) is 5.90. The van der Waals surface area contributed by atoms with Gasteiger partial charge in [0.25, 0.3) is 0 Å². The average Bonchev–Trinajstić information content (AvgIpc) is 3.01. The second-order valence-corrected chi connectivity index (χ2v) is 4.30. The fourth-order valence-corrected chi connectivity index (χ4v) is 1.58. The molecule has 0 atom stereocenters. The van der Waals surface area contributed by atoms with Crippen LogP contribution in [0.3, 0.4) is 0 Å². The van der Waals surface area contributed by atoms with Gasteiger partial charge in [-0.1, -0.05) is 0 Å². The smallest absolute Gasteiger partial charge is 0.166 e.